The molecule has 0 bridgehead atoms. The Hall–Kier alpha value is -1.95. The normalized spacial score (nSPS) is 12.3. The third-order valence-corrected chi connectivity index (χ3v) is 4.12. The summed E-state index contributed by atoms with van der Waals surface area (Å²) in [6.45, 7) is 3.94. The molecule has 1 aromatic carbocycles. The Kier molecular flexibility index (Phi) is 3.80. The van der Waals surface area contributed by atoms with Crippen molar-refractivity contribution in [1.29, 1.82) is 0 Å². The summed E-state index contributed by atoms with van der Waals surface area (Å²) in [5.74, 6) is -0.746. The average molecular weight is 279 g/mol. The fourth-order valence-electron chi connectivity index (χ4n) is 1.55. The summed E-state index contributed by atoms with van der Waals surface area (Å²) in [5, 5.41) is 12.1. The number of benzene rings is 1. The standard InChI is InChI=1S/C13H13NO4S/c1-8-3-4-11(5-9(8)2)19(17)7-10-6-12(13(15)16)14-18-10/h3-6H,7H2,1-2H3,(H,15,16). The summed E-state index contributed by atoms with van der Waals surface area (Å²) in [5.41, 5.74) is 2.02. The first-order valence-corrected chi connectivity index (χ1v) is 6.94. The summed E-state index contributed by atoms with van der Waals surface area (Å²) < 4.78 is 17.0. The van der Waals surface area contributed by atoms with Gasteiger partial charge in [0.05, 0.1) is 16.6 Å². The molecule has 0 amide bonds. The maximum absolute atomic E-state index is 12.1. The predicted octanol–water partition coefficient (Wildman–Crippen LogP) is 2.30. The van der Waals surface area contributed by atoms with E-state index < -0.39 is 16.8 Å². The van der Waals surface area contributed by atoms with Gasteiger partial charge in [0, 0.05) is 11.0 Å². The zero-order chi connectivity index (χ0) is 14.0. The second-order valence-electron chi connectivity index (χ2n) is 4.22. The molecule has 1 aromatic heterocycles. The number of carboxylic acids is 1. The fourth-order valence-corrected chi connectivity index (χ4v) is 2.64. The average Bonchev–Trinajstić information content (AvgIpc) is 2.81. The molecule has 2 aromatic rings. The van der Waals surface area contributed by atoms with Crippen LogP contribution in [0, 0.1) is 13.8 Å². The highest BCUT2D eigenvalue weighted by molar-refractivity contribution is 7.84. The lowest BCUT2D eigenvalue weighted by molar-refractivity contribution is 0.0685. The van der Waals surface area contributed by atoms with Crippen molar-refractivity contribution in [1.82, 2.24) is 5.16 Å². The summed E-state index contributed by atoms with van der Waals surface area (Å²) >= 11 is 0. The SMILES string of the molecule is Cc1ccc(S(=O)Cc2cc(C(=O)O)no2)cc1C. The van der Waals surface area contributed by atoms with Gasteiger partial charge in [-0.1, -0.05) is 11.2 Å². The number of carbonyl (C=O) groups is 1. The van der Waals surface area contributed by atoms with Crippen LogP contribution in [-0.4, -0.2) is 20.4 Å². The molecule has 0 aliphatic heterocycles. The number of carboxylic acid groups (broad SMARTS) is 1. The van der Waals surface area contributed by atoms with Crippen LogP contribution >= 0.6 is 0 Å². The van der Waals surface area contributed by atoms with Crippen LogP contribution in [0.2, 0.25) is 0 Å². The van der Waals surface area contributed by atoms with Crippen LogP contribution in [0.1, 0.15) is 27.4 Å². The van der Waals surface area contributed by atoms with Crippen LogP contribution in [0.4, 0.5) is 0 Å². The number of rotatable bonds is 4. The van der Waals surface area contributed by atoms with E-state index in [1.807, 2.05) is 26.0 Å². The number of aromatic nitrogens is 1. The Morgan fingerprint density at radius 1 is 1.32 bits per heavy atom. The number of nitrogens with zero attached hydrogens (tertiary/aromatic N) is 1. The molecule has 0 saturated heterocycles. The number of aromatic carboxylic acids is 1. The lowest BCUT2D eigenvalue weighted by Gasteiger charge is -2.03. The van der Waals surface area contributed by atoms with Gasteiger partial charge in [-0.15, -0.1) is 0 Å². The van der Waals surface area contributed by atoms with Crippen molar-refractivity contribution in [3.8, 4) is 0 Å². The van der Waals surface area contributed by atoms with Crippen molar-refractivity contribution in [2.45, 2.75) is 24.5 Å². The van der Waals surface area contributed by atoms with E-state index in [0.29, 0.717) is 10.7 Å². The zero-order valence-electron chi connectivity index (χ0n) is 10.5. The van der Waals surface area contributed by atoms with Gasteiger partial charge in [0.1, 0.15) is 5.76 Å². The summed E-state index contributed by atoms with van der Waals surface area (Å²) in [4.78, 5) is 11.3. The minimum absolute atomic E-state index is 0.114. The van der Waals surface area contributed by atoms with Crippen molar-refractivity contribution < 1.29 is 18.6 Å². The van der Waals surface area contributed by atoms with Crippen LogP contribution in [0.5, 0.6) is 0 Å². The van der Waals surface area contributed by atoms with Gasteiger partial charge in [-0.3, -0.25) is 4.21 Å². The second-order valence-corrected chi connectivity index (χ2v) is 5.67. The number of aryl methyl sites for hydroxylation is 2. The molecule has 2 rings (SSSR count). The molecule has 0 aliphatic carbocycles. The van der Waals surface area contributed by atoms with Gasteiger partial charge in [-0.25, -0.2) is 4.79 Å². The highest BCUT2D eigenvalue weighted by atomic mass is 32.2. The Morgan fingerprint density at radius 3 is 2.63 bits per heavy atom. The monoisotopic (exact) mass is 279 g/mol. The second kappa shape index (κ2) is 5.36. The molecular formula is C13H13NO4S. The van der Waals surface area contributed by atoms with Crippen LogP contribution in [0.25, 0.3) is 0 Å². The van der Waals surface area contributed by atoms with Gasteiger partial charge in [-0.05, 0) is 37.1 Å². The highest BCUT2D eigenvalue weighted by Gasteiger charge is 2.14. The van der Waals surface area contributed by atoms with Crippen molar-refractivity contribution in [2.24, 2.45) is 0 Å². The fraction of sp³-hybridized carbons (Fsp3) is 0.231. The largest absolute Gasteiger partial charge is 0.476 e. The first-order valence-electron chi connectivity index (χ1n) is 5.62. The minimum Gasteiger partial charge on any atom is -0.476 e. The lowest BCUT2D eigenvalue weighted by Crippen LogP contribution is -1.97. The number of hydrogen-bond donors (Lipinski definition) is 1. The smallest absolute Gasteiger partial charge is 0.358 e. The van der Waals surface area contributed by atoms with Crippen molar-refractivity contribution in [3.05, 3.63) is 46.8 Å². The van der Waals surface area contributed by atoms with Gasteiger partial charge >= 0.3 is 5.97 Å². The van der Waals surface area contributed by atoms with E-state index in [-0.39, 0.29) is 11.4 Å². The van der Waals surface area contributed by atoms with Crippen molar-refractivity contribution >= 4 is 16.8 Å². The molecule has 0 aliphatic rings. The molecule has 0 fully saturated rings. The Labute approximate surface area is 112 Å². The molecule has 1 N–H and O–H groups in total. The minimum atomic E-state index is -1.28. The van der Waals surface area contributed by atoms with E-state index in [0.717, 1.165) is 11.1 Å². The van der Waals surface area contributed by atoms with Crippen molar-refractivity contribution in [2.75, 3.05) is 0 Å². The van der Waals surface area contributed by atoms with Gasteiger partial charge < -0.3 is 9.63 Å². The van der Waals surface area contributed by atoms with Crippen molar-refractivity contribution in [3.63, 3.8) is 0 Å². The molecule has 19 heavy (non-hydrogen) atoms. The summed E-state index contributed by atoms with van der Waals surface area (Å²) in [7, 11) is -1.28. The van der Waals surface area contributed by atoms with Crippen LogP contribution < -0.4 is 0 Å². The molecular weight excluding hydrogens is 266 g/mol. The highest BCUT2D eigenvalue weighted by Crippen LogP contribution is 2.17. The molecule has 1 heterocycles. The zero-order valence-corrected chi connectivity index (χ0v) is 11.4. The molecule has 1 unspecified atom stereocenters. The Balaban J connectivity index is 2.15. The summed E-state index contributed by atoms with van der Waals surface area (Å²) in [6, 6.07) is 6.86. The molecule has 5 nitrogen and oxygen atoms in total. The van der Waals surface area contributed by atoms with Gasteiger partial charge in [0.15, 0.2) is 5.69 Å². The quantitative estimate of drug-likeness (QED) is 0.928. The molecule has 0 radical (unpaired) electrons. The van der Waals surface area contributed by atoms with Gasteiger partial charge in [-0.2, -0.15) is 0 Å². The third kappa shape index (κ3) is 3.08. The molecule has 0 saturated carbocycles. The third-order valence-electron chi connectivity index (χ3n) is 2.79. The Morgan fingerprint density at radius 2 is 2.05 bits per heavy atom. The lowest BCUT2D eigenvalue weighted by atomic mass is 10.1. The predicted molar refractivity (Wildman–Crippen MR) is 69.5 cm³/mol. The van der Waals surface area contributed by atoms with Gasteiger partial charge in [0.2, 0.25) is 0 Å². The maximum Gasteiger partial charge on any atom is 0.358 e. The first-order chi connectivity index (χ1) is 8.97. The van der Waals surface area contributed by atoms with Gasteiger partial charge in [0.25, 0.3) is 0 Å². The molecule has 1 atom stereocenters. The van der Waals surface area contributed by atoms with E-state index in [9.17, 15) is 9.00 Å². The van der Waals surface area contributed by atoms with E-state index in [2.05, 4.69) is 5.16 Å². The first kappa shape index (κ1) is 13.5. The summed E-state index contributed by atoms with van der Waals surface area (Å²) in [6.07, 6.45) is 0. The molecule has 100 valence electrons. The maximum atomic E-state index is 12.1. The van der Waals surface area contributed by atoms with Crippen LogP contribution in [-0.2, 0) is 16.6 Å². The Bertz CT molecular complexity index is 648. The topological polar surface area (TPSA) is 80.4 Å². The van der Waals surface area contributed by atoms with E-state index >= 15 is 0 Å². The molecule has 0 spiro atoms. The van der Waals surface area contributed by atoms with E-state index in [1.165, 1.54) is 6.07 Å². The number of hydrogen-bond acceptors (Lipinski definition) is 4. The molecule has 6 heteroatoms. The van der Waals surface area contributed by atoms with E-state index in [1.54, 1.807) is 6.07 Å². The van der Waals surface area contributed by atoms with Crippen LogP contribution in [0.3, 0.4) is 0 Å². The van der Waals surface area contributed by atoms with E-state index in [4.69, 9.17) is 9.63 Å². The van der Waals surface area contributed by atoms with Crippen LogP contribution in [0.15, 0.2) is 33.7 Å².